The topological polar surface area (TPSA) is 75.0 Å². The average molecular weight is 291 g/mol. The van der Waals surface area contributed by atoms with E-state index in [0.717, 1.165) is 11.1 Å². The number of nitrogens with zero attached hydrogens (tertiary/aromatic N) is 2. The van der Waals surface area contributed by atoms with Gasteiger partial charge in [0.25, 0.3) is 0 Å². The molecule has 1 fully saturated rings. The van der Waals surface area contributed by atoms with Crippen molar-refractivity contribution >= 4 is 23.3 Å². The Morgan fingerprint density at radius 2 is 2.35 bits per heavy atom. The van der Waals surface area contributed by atoms with Gasteiger partial charge in [-0.25, -0.2) is 0 Å². The van der Waals surface area contributed by atoms with E-state index in [1.165, 1.54) is 0 Å². The maximum Gasteiger partial charge on any atom is 0.228 e. The van der Waals surface area contributed by atoms with Gasteiger partial charge >= 0.3 is 0 Å². The second kappa shape index (κ2) is 5.26. The first-order chi connectivity index (χ1) is 9.69. The highest BCUT2D eigenvalue weighted by Gasteiger charge is 2.32. The minimum Gasteiger partial charge on any atom is -0.330 e. The normalized spacial score (nSPS) is 18.8. The molecule has 1 aliphatic heterocycles. The Balaban J connectivity index is 1.97. The van der Waals surface area contributed by atoms with Crippen LogP contribution in [0.15, 0.2) is 30.5 Å². The molecule has 6 heteroatoms. The number of H-pyrrole nitrogens is 1. The fourth-order valence-electron chi connectivity index (χ4n) is 2.51. The Morgan fingerprint density at radius 3 is 3.05 bits per heavy atom. The van der Waals surface area contributed by atoms with Gasteiger partial charge in [0.1, 0.15) is 5.82 Å². The van der Waals surface area contributed by atoms with Crippen LogP contribution in [0.1, 0.15) is 6.42 Å². The number of halogens is 1. The molecule has 2 aromatic rings. The predicted octanol–water partition coefficient (Wildman–Crippen LogP) is 2.04. The summed E-state index contributed by atoms with van der Waals surface area (Å²) < 4.78 is 0. The van der Waals surface area contributed by atoms with E-state index in [1.54, 1.807) is 11.1 Å². The van der Waals surface area contributed by atoms with Gasteiger partial charge in [0.05, 0.1) is 6.20 Å². The second-order valence-electron chi connectivity index (χ2n) is 4.95. The monoisotopic (exact) mass is 290 g/mol. The molecule has 3 rings (SSSR count). The Bertz CT molecular complexity index is 640. The lowest BCUT2D eigenvalue weighted by Gasteiger charge is -2.16. The van der Waals surface area contributed by atoms with Crippen LogP contribution in [-0.4, -0.2) is 29.2 Å². The van der Waals surface area contributed by atoms with E-state index in [9.17, 15) is 4.79 Å². The van der Waals surface area contributed by atoms with E-state index in [-0.39, 0.29) is 11.8 Å². The molecule has 0 bridgehead atoms. The number of carbonyl (C=O) groups is 1. The largest absolute Gasteiger partial charge is 0.330 e. The highest BCUT2D eigenvalue weighted by molar-refractivity contribution is 6.30. The molecule has 1 saturated heterocycles. The third-order valence-electron chi connectivity index (χ3n) is 3.56. The van der Waals surface area contributed by atoms with Gasteiger partial charge in [0, 0.05) is 23.6 Å². The number of aromatic amines is 1. The Morgan fingerprint density at radius 1 is 1.50 bits per heavy atom. The fraction of sp³-hybridized carbons (Fsp3) is 0.286. The zero-order valence-corrected chi connectivity index (χ0v) is 11.6. The number of anilines is 1. The molecular weight excluding hydrogens is 276 g/mol. The number of hydrogen-bond donors (Lipinski definition) is 2. The average Bonchev–Trinajstić information content (AvgIpc) is 3.04. The van der Waals surface area contributed by atoms with Crippen LogP contribution in [0.5, 0.6) is 0 Å². The number of nitrogens with one attached hydrogen (secondary N) is 1. The van der Waals surface area contributed by atoms with Crippen LogP contribution in [0.4, 0.5) is 5.82 Å². The summed E-state index contributed by atoms with van der Waals surface area (Å²) in [7, 11) is 0. The summed E-state index contributed by atoms with van der Waals surface area (Å²) in [5.41, 5.74) is 7.47. The van der Waals surface area contributed by atoms with Crippen LogP contribution in [0.2, 0.25) is 5.02 Å². The summed E-state index contributed by atoms with van der Waals surface area (Å²) in [6.45, 7) is 1.15. The molecule has 0 spiro atoms. The molecule has 1 aromatic carbocycles. The molecule has 1 unspecified atom stereocenters. The van der Waals surface area contributed by atoms with Crippen LogP contribution in [0.25, 0.3) is 11.1 Å². The zero-order chi connectivity index (χ0) is 14.1. The smallest absolute Gasteiger partial charge is 0.228 e. The standard InChI is InChI=1S/C14H15ClN4O/c15-11-3-1-2-10(5-11)12-7-17-18-14(12)19-8-9(6-16)4-13(19)20/h1-3,5,7,9H,4,6,8,16H2,(H,17,18). The number of aromatic nitrogens is 2. The summed E-state index contributed by atoms with van der Waals surface area (Å²) in [6, 6.07) is 7.50. The first-order valence-electron chi connectivity index (χ1n) is 6.48. The van der Waals surface area contributed by atoms with Gasteiger partial charge in [-0.3, -0.25) is 14.8 Å². The minimum absolute atomic E-state index is 0.0768. The van der Waals surface area contributed by atoms with Crippen LogP contribution >= 0.6 is 11.6 Å². The molecule has 20 heavy (non-hydrogen) atoms. The maximum atomic E-state index is 12.1. The predicted molar refractivity (Wildman–Crippen MR) is 78.5 cm³/mol. The first-order valence-corrected chi connectivity index (χ1v) is 6.86. The Kier molecular flexibility index (Phi) is 3.46. The zero-order valence-electron chi connectivity index (χ0n) is 10.8. The molecule has 1 atom stereocenters. The summed E-state index contributed by atoms with van der Waals surface area (Å²) in [6.07, 6.45) is 2.20. The van der Waals surface area contributed by atoms with E-state index in [0.29, 0.717) is 30.4 Å². The number of nitrogens with two attached hydrogens (primary N) is 1. The van der Waals surface area contributed by atoms with Crippen molar-refractivity contribution in [1.29, 1.82) is 0 Å². The third-order valence-corrected chi connectivity index (χ3v) is 3.80. The molecule has 1 amide bonds. The molecule has 1 aromatic heterocycles. The maximum absolute atomic E-state index is 12.1. The molecule has 3 N–H and O–H groups in total. The lowest BCUT2D eigenvalue weighted by Crippen LogP contribution is -2.26. The van der Waals surface area contributed by atoms with Gasteiger partial charge in [0.15, 0.2) is 0 Å². The molecule has 104 valence electrons. The van der Waals surface area contributed by atoms with E-state index >= 15 is 0 Å². The number of amides is 1. The van der Waals surface area contributed by atoms with Crippen molar-refractivity contribution < 1.29 is 4.79 Å². The third kappa shape index (κ3) is 2.30. The molecule has 1 aliphatic rings. The van der Waals surface area contributed by atoms with Gasteiger partial charge in [-0.1, -0.05) is 23.7 Å². The Labute approximate surface area is 121 Å². The van der Waals surface area contributed by atoms with Crippen molar-refractivity contribution in [1.82, 2.24) is 10.2 Å². The first kappa shape index (κ1) is 13.1. The van der Waals surface area contributed by atoms with Crippen LogP contribution in [0.3, 0.4) is 0 Å². The van der Waals surface area contributed by atoms with Crippen molar-refractivity contribution in [3.63, 3.8) is 0 Å². The van der Waals surface area contributed by atoms with Gasteiger partial charge in [-0.05, 0) is 30.2 Å². The SMILES string of the molecule is NCC1CC(=O)N(c2[nH]ncc2-c2cccc(Cl)c2)C1. The lowest BCUT2D eigenvalue weighted by atomic mass is 10.1. The summed E-state index contributed by atoms with van der Waals surface area (Å²) in [5.74, 6) is 0.999. The molecular formula is C14H15ClN4O. The highest BCUT2D eigenvalue weighted by Crippen LogP contribution is 2.33. The van der Waals surface area contributed by atoms with E-state index in [4.69, 9.17) is 17.3 Å². The number of carbonyl (C=O) groups excluding carboxylic acids is 1. The number of benzene rings is 1. The molecule has 5 nitrogen and oxygen atoms in total. The van der Waals surface area contributed by atoms with Crippen molar-refractivity contribution in [2.24, 2.45) is 11.7 Å². The van der Waals surface area contributed by atoms with Crippen molar-refractivity contribution in [3.05, 3.63) is 35.5 Å². The van der Waals surface area contributed by atoms with Gasteiger partial charge < -0.3 is 5.73 Å². The van der Waals surface area contributed by atoms with E-state index in [1.807, 2.05) is 24.3 Å². The van der Waals surface area contributed by atoms with E-state index < -0.39 is 0 Å². The molecule has 2 heterocycles. The quantitative estimate of drug-likeness (QED) is 0.908. The highest BCUT2D eigenvalue weighted by atomic mass is 35.5. The lowest BCUT2D eigenvalue weighted by molar-refractivity contribution is -0.117. The summed E-state index contributed by atoms with van der Waals surface area (Å²) in [5, 5.41) is 7.63. The number of rotatable bonds is 3. The van der Waals surface area contributed by atoms with Crippen LogP contribution in [-0.2, 0) is 4.79 Å². The van der Waals surface area contributed by atoms with Crippen molar-refractivity contribution in [2.75, 3.05) is 18.0 Å². The van der Waals surface area contributed by atoms with Crippen LogP contribution < -0.4 is 10.6 Å². The van der Waals surface area contributed by atoms with Gasteiger partial charge in [-0.15, -0.1) is 0 Å². The summed E-state index contributed by atoms with van der Waals surface area (Å²) >= 11 is 6.02. The van der Waals surface area contributed by atoms with Crippen molar-refractivity contribution in [2.45, 2.75) is 6.42 Å². The molecule has 0 aliphatic carbocycles. The minimum atomic E-state index is 0.0768. The van der Waals surface area contributed by atoms with Crippen LogP contribution in [0, 0.1) is 5.92 Å². The van der Waals surface area contributed by atoms with Gasteiger partial charge in [-0.2, -0.15) is 5.10 Å². The Hall–Kier alpha value is -1.85. The van der Waals surface area contributed by atoms with Gasteiger partial charge in [0.2, 0.25) is 5.91 Å². The van der Waals surface area contributed by atoms with Crippen molar-refractivity contribution in [3.8, 4) is 11.1 Å². The fourth-order valence-corrected chi connectivity index (χ4v) is 2.70. The molecule has 0 saturated carbocycles. The molecule has 0 radical (unpaired) electrons. The second-order valence-corrected chi connectivity index (χ2v) is 5.39. The number of hydrogen-bond acceptors (Lipinski definition) is 3. The van der Waals surface area contributed by atoms with E-state index in [2.05, 4.69) is 10.2 Å². The summed E-state index contributed by atoms with van der Waals surface area (Å²) in [4.78, 5) is 13.8.